The molecule has 0 aliphatic carbocycles. The summed E-state index contributed by atoms with van der Waals surface area (Å²) >= 11 is 0. The molecule has 1 heterocycles. The zero-order valence-electron chi connectivity index (χ0n) is 10.2. The molecule has 0 saturated carbocycles. The van der Waals surface area contributed by atoms with Crippen molar-refractivity contribution in [2.24, 2.45) is 0 Å². The normalized spacial score (nSPS) is 11.8. The highest BCUT2D eigenvalue weighted by Crippen LogP contribution is 2.27. The van der Waals surface area contributed by atoms with Crippen LogP contribution < -0.4 is 5.73 Å². The van der Waals surface area contributed by atoms with Crippen LogP contribution in [0.5, 0.6) is 0 Å². The molecular weight excluding hydrogens is 217 g/mol. The van der Waals surface area contributed by atoms with Crippen molar-refractivity contribution in [3.05, 3.63) is 42.0 Å². The Bertz CT molecular complexity index is 538. The molecule has 0 saturated heterocycles. The largest absolute Gasteiger partial charge is 0.396 e. The lowest BCUT2D eigenvalue weighted by molar-refractivity contribution is 0.556. The van der Waals surface area contributed by atoms with Gasteiger partial charge in [0, 0.05) is 5.41 Å². The fourth-order valence-electron chi connectivity index (χ4n) is 1.73. The van der Waals surface area contributed by atoms with Crippen molar-refractivity contribution in [3.8, 4) is 5.69 Å². The van der Waals surface area contributed by atoms with Crippen LogP contribution in [0, 0.1) is 5.82 Å². The van der Waals surface area contributed by atoms with Gasteiger partial charge in [-0.05, 0) is 12.1 Å². The lowest BCUT2D eigenvalue weighted by atomic mass is 9.92. The van der Waals surface area contributed by atoms with E-state index in [-0.39, 0.29) is 11.2 Å². The van der Waals surface area contributed by atoms with Crippen molar-refractivity contribution in [2.75, 3.05) is 5.73 Å². The Labute approximate surface area is 100 Å². The summed E-state index contributed by atoms with van der Waals surface area (Å²) in [6.07, 6.45) is 1.65. The van der Waals surface area contributed by atoms with Gasteiger partial charge in [0.25, 0.3) is 0 Å². The van der Waals surface area contributed by atoms with Crippen LogP contribution >= 0.6 is 0 Å². The number of benzene rings is 1. The number of nitrogens with zero attached hydrogens (tertiary/aromatic N) is 2. The molecule has 3 nitrogen and oxygen atoms in total. The number of hydrogen-bond acceptors (Lipinski definition) is 2. The molecule has 2 aromatic rings. The third-order valence-electron chi connectivity index (χ3n) is 2.55. The monoisotopic (exact) mass is 233 g/mol. The standard InChI is InChI=1S/C13H16FN3/c1-13(2,3)12-10(15)8-17(16-12)11-7-5-4-6-9(11)14/h4-8H,15H2,1-3H3. The van der Waals surface area contributed by atoms with Gasteiger partial charge in [-0.15, -0.1) is 0 Å². The molecule has 17 heavy (non-hydrogen) atoms. The second kappa shape index (κ2) is 3.87. The first kappa shape index (κ1) is 11.6. The maximum atomic E-state index is 13.6. The topological polar surface area (TPSA) is 43.8 Å². The molecule has 0 fully saturated rings. The molecule has 0 amide bonds. The number of halogens is 1. The van der Waals surface area contributed by atoms with Gasteiger partial charge in [0.05, 0.1) is 17.6 Å². The molecular formula is C13H16FN3. The summed E-state index contributed by atoms with van der Waals surface area (Å²) in [7, 11) is 0. The predicted octanol–water partition coefficient (Wildman–Crippen LogP) is 2.89. The van der Waals surface area contributed by atoms with Gasteiger partial charge in [-0.2, -0.15) is 5.10 Å². The van der Waals surface area contributed by atoms with Gasteiger partial charge in [0.2, 0.25) is 0 Å². The number of para-hydroxylation sites is 1. The molecule has 0 atom stereocenters. The van der Waals surface area contributed by atoms with Gasteiger partial charge in [0.15, 0.2) is 0 Å². The highest BCUT2D eigenvalue weighted by molar-refractivity contribution is 5.47. The Morgan fingerprint density at radius 2 is 1.88 bits per heavy atom. The molecule has 0 radical (unpaired) electrons. The number of nitrogen functional groups attached to an aromatic ring is 1. The molecule has 2 N–H and O–H groups in total. The van der Waals surface area contributed by atoms with Crippen molar-refractivity contribution >= 4 is 5.69 Å². The lowest BCUT2D eigenvalue weighted by Crippen LogP contribution is -2.14. The lowest BCUT2D eigenvalue weighted by Gasteiger charge is -2.15. The molecule has 0 aliphatic rings. The van der Waals surface area contributed by atoms with Crippen LogP contribution in [0.4, 0.5) is 10.1 Å². The highest BCUT2D eigenvalue weighted by Gasteiger charge is 2.21. The van der Waals surface area contributed by atoms with E-state index in [1.54, 1.807) is 24.4 Å². The number of anilines is 1. The van der Waals surface area contributed by atoms with Crippen molar-refractivity contribution in [2.45, 2.75) is 26.2 Å². The first-order valence-electron chi connectivity index (χ1n) is 5.50. The van der Waals surface area contributed by atoms with Gasteiger partial charge in [0.1, 0.15) is 11.5 Å². The van der Waals surface area contributed by atoms with E-state index in [0.717, 1.165) is 5.69 Å². The fourth-order valence-corrected chi connectivity index (χ4v) is 1.73. The molecule has 0 unspecified atom stereocenters. The smallest absolute Gasteiger partial charge is 0.148 e. The van der Waals surface area contributed by atoms with Crippen molar-refractivity contribution in [1.82, 2.24) is 9.78 Å². The Hall–Kier alpha value is -1.84. The van der Waals surface area contributed by atoms with E-state index in [0.29, 0.717) is 11.4 Å². The van der Waals surface area contributed by atoms with E-state index >= 15 is 0 Å². The van der Waals surface area contributed by atoms with Gasteiger partial charge < -0.3 is 5.73 Å². The highest BCUT2D eigenvalue weighted by atomic mass is 19.1. The van der Waals surface area contributed by atoms with E-state index in [1.165, 1.54) is 10.7 Å². The zero-order valence-corrected chi connectivity index (χ0v) is 10.2. The van der Waals surface area contributed by atoms with Crippen LogP contribution in [0.1, 0.15) is 26.5 Å². The van der Waals surface area contributed by atoms with E-state index in [4.69, 9.17) is 5.73 Å². The van der Waals surface area contributed by atoms with Gasteiger partial charge in [-0.3, -0.25) is 0 Å². The summed E-state index contributed by atoms with van der Waals surface area (Å²) in [5, 5.41) is 4.36. The minimum absolute atomic E-state index is 0.152. The Morgan fingerprint density at radius 3 is 2.41 bits per heavy atom. The Morgan fingerprint density at radius 1 is 1.24 bits per heavy atom. The molecule has 2 rings (SSSR count). The molecule has 4 heteroatoms. The quantitative estimate of drug-likeness (QED) is 0.823. The zero-order chi connectivity index (χ0) is 12.6. The fraction of sp³-hybridized carbons (Fsp3) is 0.308. The van der Waals surface area contributed by atoms with Crippen LogP contribution in [0.3, 0.4) is 0 Å². The summed E-state index contributed by atoms with van der Waals surface area (Å²) in [6, 6.07) is 6.50. The summed E-state index contributed by atoms with van der Waals surface area (Å²) in [6.45, 7) is 6.08. The van der Waals surface area contributed by atoms with Crippen LogP contribution in [0.15, 0.2) is 30.5 Å². The van der Waals surface area contributed by atoms with Crippen LogP contribution in [0.2, 0.25) is 0 Å². The molecule has 1 aromatic heterocycles. The van der Waals surface area contributed by atoms with Crippen molar-refractivity contribution in [3.63, 3.8) is 0 Å². The van der Waals surface area contributed by atoms with Crippen molar-refractivity contribution in [1.29, 1.82) is 0 Å². The SMILES string of the molecule is CC(C)(C)c1nn(-c2ccccc2F)cc1N. The van der Waals surface area contributed by atoms with Crippen LogP contribution in [-0.4, -0.2) is 9.78 Å². The third kappa shape index (κ3) is 2.16. The second-order valence-electron chi connectivity index (χ2n) is 5.08. The maximum absolute atomic E-state index is 13.6. The predicted molar refractivity (Wildman–Crippen MR) is 66.6 cm³/mol. The van der Waals surface area contributed by atoms with E-state index in [9.17, 15) is 4.39 Å². The molecule has 1 aromatic carbocycles. The second-order valence-corrected chi connectivity index (χ2v) is 5.08. The van der Waals surface area contributed by atoms with Gasteiger partial charge >= 0.3 is 0 Å². The molecule has 0 spiro atoms. The summed E-state index contributed by atoms with van der Waals surface area (Å²) in [5.41, 5.74) is 7.53. The minimum Gasteiger partial charge on any atom is -0.396 e. The molecule has 90 valence electrons. The first-order valence-corrected chi connectivity index (χ1v) is 5.50. The average Bonchev–Trinajstić information content (AvgIpc) is 2.60. The Kier molecular flexibility index (Phi) is 2.65. The summed E-state index contributed by atoms with van der Waals surface area (Å²) < 4.78 is 15.1. The van der Waals surface area contributed by atoms with E-state index in [1.807, 2.05) is 20.8 Å². The summed E-state index contributed by atoms with van der Waals surface area (Å²) in [4.78, 5) is 0. The first-order chi connectivity index (χ1) is 7.89. The molecule has 0 bridgehead atoms. The number of aromatic nitrogens is 2. The maximum Gasteiger partial charge on any atom is 0.148 e. The van der Waals surface area contributed by atoms with E-state index in [2.05, 4.69) is 5.10 Å². The Balaban J connectivity index is 2.53. The number of hydrogen-bond donors (Lipinski definition) is 1. The van der Waals surface area contributed by atoms with Gasteiger partial charge in [-0.25, -0.2) is 9.07 Å². The number of nitrogens with two attached hydrogens (primary N) is 1. The van der Waals surface area contributed by atoms with E-state index < -0.39 is 0 Å². The minimum atomic E-state index is -0.310. The van der Waals surface area contributed by atoms with Crippen molar-refractivity contribution < 1.29 is 4.39 Å². The van der Waals surface area contributed by atoms with Crippen LogP contribution in [-0.2, 0) is 5.41 Å². The third-order valence-corrected chi connectivity index (χ3v) is 2.55. The number of rotatable bonds is 1. The van der Waals surface area contributed by atoms with Crippen LogP contribution in [0.25, 0.3) is 5.69 Å². The average molecular weight is 233 g/mol. The molecule has 0 aliphatic heterocycles. The van der Waals surface area contributed by atoms with Gasteiger partial charge in [-0.1, -0.05) is 32.9 Å². The summed E-state index contributed by atoms with van der Waals surface area (Å²) in [5.74, 6) is -0.310.